The SMILES string of the molecule is CN(Cc1nc2ccccc2[nH]1)C(=O)C[C@@H]1CCCCO1. The Balaban J connectivity index is 1.59. The van der Waals surface area contributed by atoms with Gasteiger partial charge in [-0.2, -0.15) is 0 Å². The Kier molecular flexibility index (Phi) is 4.20. The monoisotopic (exact) mass is 287 g/mol. The lowest BCUT2D eigenvalue weighted by Crippen LogP contribution is -2.32. The van der Waals surface area contributed by atoms with Crippen LogP contribution in [0.4, 0.5) is 0 Å². The first kappa shape index (κ1) is 14.1. The van der Waals surface area contributed by atoms with Gasteiger partial charge in [-0.15, -0.1) is 0 Å². The number of para-hydroxylation sites is 2. The average Bonchev–Trinajstić information content (AvgIpc) is 2.90. The van der Waals surface area contributed by atoms with E-state index in [4.69, 9.17) is 4.74 Å². The number of carbonyl (C=O) groups excluding carboxylic acids is 1. The van der Waals surface area contributed by atoms with Gasteiger partial charge in [0.1, 0.15) is 5.82 Å². The van der Waals surface area contributed by atoms with E-state index in [1.54, 1.807) is 4.90 Å². The maximum Gasteiger partial charge on any atom is 0.225 e. The van der Waals surface area contributed by atoms with Gasteiger partial charge in [-0.05, 0) is 31.4 Å². The van der Waals surface area contributed by atoms with E-state index in [-0.39, 0.29) is 12.0 Å². The fourth-order valence-corrected chi connectivity index (χ4v) is 2.71. The van der Waals surface area contributed by atoms with Crippen molar-refractivity contribution in [2.24, 2.45) is 0 Å². The van der Waals surface area contributed by atoms with Crippen molar-refractivity contribution in [2.75, 3.05) is 13.7 Å². The molecule has 0 saturated carbocycles. The summed E-state index contributed by atoms with van der Waals surface area (Å²) < 4.78 is 5.63. The number of aromatic nitrogens is 2. The summed E-state index contributed by atoms with van der Waals surface area (Å²) in [7, 11) is 1.82. The molecule has 1 amide bonds. The molecule has 0 unspecified atom stereocenters. The number of rotatable bonds is 4. The molecule has 1 N–H and O–H groups in total. The molecule has 5 heteroatoms. The zero-order valence-corrected chi connectivity index (χ0v) is 12.3. The van der Waals surface area contributed by atoms with Crippen molar-refractivity contribution in [3.63, 3.8) is 0 Å². The average molecular weight is 287 g/mol. The van der Waals surface area contributed by atoms with Crippen molar-refractivity contribution in [1.29, 1.82) is 0 Å². The Morgan fingerprint density at radius 1 is 1.43 bits per heavy atom. The van der Waals surface area contributed by atoms with E-state index in [1.165, 1.54) is 0 Å². The van der Waals surface area contributed by atoms with E-state index in [0.29, 0.717) is 13.0 Å². The third-order valence-electron chi connectivity index (χ3n) is 3.93. The number of nitrogens with zero attached hydrogens (tertiary/aromatic N) is 2. The van der Waals surface area contributed by atoms with Gasteiger partial charge in [0.25, 0.3) is 0 Å². The van der Waals surface area contributed by atoms with Crippen LogP contribution in [-0.4, -0.2) is 40.5 Å². The zero-order valence-electron chi connectivity index (χ0n) is 12.3. The Labute approximate surface area is 124 Å². The molecule has 1 atom stereocenters. The zero-order chi connectivity index (χ0) is 14.7. The number of nitrogens with one attached hydrogen (secondary N) is 1. The molecular weight excluding hydrogens is 266 g/mol. The first-order valence-corrected chi connectivity index (χ1v) is 7.51. The van der Waals surface area contributed by atoms with Crippen LogP contribution in [-0.2, 0) is 16.1 Å². The van der Waals surface area contributed by atoms with Crippen LogP contribution in [0.1, 0.15) is 31.5 Å². The third kappa shape index (κ3) is 3.42. The van der Waals surface area contributed by atoms with Gasteiger partial charge in [0.05, 0.1) is 30.1 Å². The molecule has 5 nitrogen and oxygen atoms in total. The number of amides is 1. The van der Waals surface area contributed by atoms with Crippen LogP contribution < -0.4 is 0 Å². The van der Waals surface area contributed by atoms with Crippen LogP contribution in [0.5, 0.6) is 0 Å². The summed E-state index contributed by atoms with van der Waals surface area (Å²) in [5.41, 5.74) is 1.94. The standard InChI is InChI=1S/C16H21N3O2/c1-19(16(20)10-12-6-4-5-9-21-12)11-15-17-13-7-2-3-8-14(13)18-15/h2-3,7-8,12H,4-6,9-11H2,1H3,(H,17,18)/t12-/m0/s1. The highest BCUT2D eigenvalue weighted by molar-refractivity contribution is 5.77. The normalized spacial score (nSPS) is 18.8. The second-order valence-electron chi connectivity index (χ2n) is 5.64. The van der Waals surface area contributed by atoms with Crippen molar-refractivity contribution in [3.8, 4) is 0 Å². The second-order valence-corrected chi connectivity index (χ2v) is 5.64. The minimum absolute atomic E-state index is 0.0874. The van der Waals surface area contributed by atoms with Crippen molar-refractivity contribution in [1.82, 2.24) is 14.9 Å². The fraction of sp³-hybridized carbons (Fsp3) is 0.500. The molecule has 2 aromatic rings. The van der Waals surface area contributed by atoms with Crippen molar-refractivity contribution < 1.29 is 9.53 Å². The van der Waals surface area contributed by atoms with Crippen LogP contribution in [0, 0.1) is 0 Å². The molecule has 112 valence electrons. The minimum atomic E-state index is 0.0874. The van der Waals surface area contributed by atoms with Crippen LogP contribution in [0.25, 0.3) is 11.0 Å². The van der Waals surface area contributed by atoms with Gasteiger partial charge < -0.3 is 14.6 Å². The molecule has 2 heterocycles. The number of carbonyl (C=O) groups is 1. The number of fused-ring (bicyclic) bond motifs is 1. The van der Waals surface area contributed by atoms with E-state index in [2.05, 4.69) is 9.97 Å². The van der Waals surface area contributed by atoms with Crippen molar-refractivity contribution in [2.45, 2.75) is 38.3 Å². The Morgan fingerprint density at radius 3 is 3.05 bits per heavy atom. The molecule has 0 aliphatic carbocycles. The number of hydrogen-bond acceptors (Lipinski definition) is 3. The quantitative estimate of drug-likeness (QED) is 0.940. The van der Waals surface area contributed by atoms with E-state index >= 15 is 0 Å². The molecule has 1 aliphatic heterocycles. The smallest absolute Gasteiger partial charge is 0.225 e. The lowest BCUT2D eigenvalue weighted by molar-refractivity contribution is -0.134. The summed E-state index contributed by atoms with van der Waals surface area (Å²) in [4.78, 5) is 21.7. The van der Waals surface area contributed by atoms with Crippen LogP contribution in [0.15, 0.2) is 24.3 Å². The summed E-state index contributed by atoms with van der Waals surface area (Å²) in [6, 6.07) is 7.89. The van der Waals surface area contributed by atoms with E-state index in [0.717, 1.165) is 42.7 Å². The molecule has 1 saturated heterocycles. The molecule has 1 aromatic heterocycles. The lowest BCUT2D eigenvalue weighted by atomic mass is 10.1. The summed E-state index contributed by atoms with van der Waals surface area (Å²) in [6.45, 7) is 1.28. The van der Waals surface area contributed by atoms with E-state index < -0.39 is 0 Å². The third-order valence-corrected chi connectivity index (χ3v) is 3.93. The predicted molar refractivity (Wildman–Crippen MR) is 80.8 cm³/mol. The lowest BCUT2D eigenvalue weighted by Gasteiger charge is -2.24. The summed E-state index contributed by atoms with van der Waals surface area (Å²) in [6.07, 6.45) is 3.82. The molecule has 0 bridgehead atoms. The van der Waals surface area contributed by atoms with Crippen molar-refractivity contribution in [3.05, 3.63) is 30.1 Å². The highest BCUT2D eigenvalue weighted by Crippen LogP contribution is 2.17. The molecule has 21 heavy (non-hydrogen) atoms. The number of ether oxygens (including phenoxy) is 1. The topological polar surface area (TPSA) is 58.2 Å². The first-order valence-electron chi connectivity index (χ1n) is 7.51. The van der Waals surface area contributed by atoms with Gasteiger partial charge in [0.15, 0.2) is 0 Å². The Bertz CT molecular complexity index is 584. The van der Waals surface area contributed by atoms with Gasteiger partial charge in [0.2, 0.25) is 5.91 Å². The fourth-order valence-electron chi connectivity index (χ4n) is 2.71. The molecule has 1 fully saturated rings. The molecule has 0 spiro atoms. The maximum absolute atomic E-state index is 12.2. The highest BCUT2D eigenvalue weighted by Gasteiger charge is 2.20. The van der Waals surface area contributed by atoms with Crippen LogP contribution >= 0.6 is 0 Å². The van der Waals surface area contributed by atoms with Gasteiger partial charge in [-0.1, -0.05) is 12.1 Å². The number of benzene rings is 1. The van der Waals surface area contributed by atoms with Crippen LogP contribution in [0.2, 0.25) is 0 Å². The first-order chi connectivity index (χ1) is 10.2. The highest BCUT2D eigenvalue weighted by atomic mass is 16.5. The summed E-state index contributed by atoms with van der Waals surface area (Å²) in [5, 5.41) is 0. The number of hydrogen-bond donors (Lipinski definition) is 1. The second kappa shape index (κ2) is 6.26. The Morgan fingerprint density at radius 2 is 2.29 bits per heavy atom. The maximum atomic E-state index is 12.2. The van der Waals surface area contributed by atoms with Crippen LogP contribution in [0.3, 0.4) is 0 Å². The molecule has 3 rings (SSSR count). The van der Waals surface area contributed by atoms with Gasteiger partial charge in [-0.3, -0.25) is 4.79 Å². The Hall–Kier alpha value is -1.88. The molecule has 0 radical (unpaired) electrons. The summed E-state index contributed by atoms with van der Waals surface area (Å²) >= 11 is 0. The number of imidazole rings is 1. The van der Waals surface area contributed by atoms with E-state index in [1.807, 2.05) is 31.3 Å². The van der Waals surface area contributed by atoms with Crippen molar-refractivity contribution >= 4 is 16.9 Å². The number of H-pyrrole nitrogens is 1. The molecule has 1 aliphatic rings. The minimum Gasteiger partial charge on any atom is -0.378 e. The summed E-state index contributed by atoms with van der Waals surface area (Å²) in [5.74, 6) is 0.930. The largest absolute Gasteiger partial charge is 0.378 e. The van der Waals surface area contributed by atoms with Gasteiger partial charge in [0, 0.05) is 13.7 Å². The van der Waals surface area contributed by atoms with E-state index in [9.17, 15) is 4.79 Å². The molecular formula is C16H21N3O2. The van der Waals surface area contributed by atoms with Gasteiger partial charge >= 0.3 is 0 Å². The predicted octanol–water partition coefficient (Wildman–Crippen LogP) is 2.48. The molecule has 1 aromatic carbocycles. The van der Waals surface area contributed by atoms with Gasteiger partial charge in [-0.25, -0.2) is 4.98 Å². The number of aromatic amines is 1.